The van der Waals surface area contributed by atoms with Crippen LogP contribution in [0.4, 0.5) is 0 Å². The number of rotatable bonds is 27. The van der Waals surface area contributed by atoms with Gasteiger partial charge in [-0.3, -0.25) is 0 Å². The van der Waals surface area contributed by atoms with E-state index in [9.17, 15) is 0 Å². The molecule has 10 nitrogen and oxygen atoms in total. The maximum absolute atomic E-state index is 8.64. The highest BCUT2D eigenvalue weighted by atomic mass is 28.6. The minimum atomic E-state index is -3.81. The SMILES string of the molecule is CC(C)C[SiH]1O[SiH](O[Si](C)(C)CCC2CC3C=CC2C3)O[Si]2(CC(C)C)O[SiH](CC(C)C)O[Si](CC(C)C)(C[Si](CC(C)C)(O[Si](C)(C)CCC3CC4C=CC3C4)O1)O[Si](CC(C)C)(O[Si](C)(C)CCC1CC3C=CC1C3)O2. The molecule has 8 bridgehead atoms. The zero-order valence-electron chi connectivity index (χ0n) is 52.9. The summed E-state index contributed by atoms with van der Waals surface area (Å²) in [5, 5.41) is 0. The van der Waals surface area contributed by atoms with E-state index in [1.807, 2.05) is 0 Å². The first kappa shape index (κ1) is 65.0. The Labute approximate surface area is 491 Å². The average Bonchev–Trinajstić information content (AvgIpc) is 4.25. The van der Waals surface area contributed by atoms with Gasteiger partial charge < -0.3 is 41.2 Å². The number of allylic oxidation sites excluding steroid dienone is 6. The lowest BCUT2D eigenvalue weighted by Gasteiger charge is -2.54. The Morgan fingerprint density at radius 3 is 1.36 bits per heavy atom. The highest BCUT2D eigenvalue weighted by molar-refractivity contribution is 6.99. The summed E-state index contributed by atoms with van der Waals surface area (Å²) in [5.41, 5.74) is 0.684. The molecule has 16 unspecified atom stereocenters. The van der Waals surface area contributed by atoms with Crippen LogP contribution in [0.3, 0.4) is 0 Å². The molecule has 0 radical (unpaired) electrons. The quantitative estimate of drug-likeness (QED) is 0.0585. The Morgan fingerprint density at radius 1 is 0.462 bits per heavy atom. The minimum absolute atomic E-state index is 0.213. The summed E-state index contributed by atoms with van der Waals surface area (Å²) in [6, 6.07) is 7.94. The maximum Gasteiger partial charge on any atom is 0.477 e. The lowest BCUT2D eigenvalue weighted by atomic mass is 9.91. The molecule has 3 saturated heterocycles. The van der Waals surface area contributed by atoms with E-state index in [0.29, 0.717) is 53.3 Å². The highest BCUT2D eigenvalue weighted by Gasteiger charge is 2.67. The lowest BCUT2D eigenvalue weighted by Crippen LogP contribution is -2.74. The van der Waals surface area contributed by atoms with Crippen molar-refractivity contribution in [2.75, 3.05) is 0 Å². The molecule has 448 valence electrons. The molecule has 16 atom stereocenters. The third-order valence-corrected chi connectivity index (χ3v) is 63.7. The molecule has 0 amide bonds. The van der Waals surface area contributed by atoms with Crippen molar-refractivity contribution in [3.63, 3.8) is 0 Å². The summed E-state index contributed by atoms with van der Waals surface area (Å²) >= 11 is 0. The topological polar surface area (TPSA) is 92.3 Å². The molecule has 20 heteroatoms. The second-order valence-corrected chi connectivity index (χ2v) is 65.1. The van der Waals surface area contributed by atoms with E-state index in [4.69, 9.17) is 41.2 Å². The fourth-order valence-electron chi connectivity index (χ4n) is 15.8. The molecule has 3 aliphatic heterocycles. The van der Waals surface area contributed by atoms with Gasteiger partial charge in [-0.05, 0) is 209 Å². The molecule has 6 fully saturated rings. The molecule has 3 saturated carbocycles. The van der Waals surface area contributed by atoms with Gasteiger partial charge >= 0.3 is 62.8 Å². The smallest absolute Gasteiger partial charge is 0.436 e. The molecular weight excluding hydrogens is 1140 g/mol. The monoisotopic (exact) mass is 1250 g/mol. The van der Waals surface area contributed by atoms with E-state index in [1.54, 1.807) is 0 Å². The van der Waals surface area contributed by atoms with Crippen molar-refractivity contribution >= 4 is 87.8 Å². The summed E-state index contributed by atoms with van der Waals surface area (Å²) in [6.07, 6.45) is 26.6. The standard InChI is InChI=1S/C58H116O10Si10/c1-44(2)37-69-59-71(63-72(13,14)28-25-56-34-50-19-22-53(56)31-50)64-77(41-48(9)10)62-70(38-45(3)4)61-76(40-47(7)8,43-75(60-69,39-46(5)6)65-73(15,16)29-26-57-35-51-20-23-54(57)32-51)67-78(68-77,42-49(11)12)66-74(17,18)30-27-58-36-52-21-24-55(58)33-52/h19-24,44-58,69-71H,25-43H2,1-18H3. The van der Waals surface area contributed by atoms with Crippen LogP contribution in [0, 0.1) is 88.8 Å². The molecule has 3 heterocycles. The summed E-state index contributed by atoms with van der Waals surface area (Å²) in [7, 11) is -30.1. The zero-order chi connectivity index (χ0) is 56.6. The fraction of sp³-hybridized carbons (Fsp3) is 0.897. The van der Waals surface area contributed by atoms with Gasteiger partial charge in [-0.2, -0.15) is 0 Å². The van der Waals surface area contributed by atoms with Gasteiger partial charge in [0, 0.05) is 17.8 Å². The molecule has 6 aliphatic carbocycles. The number of hydrogen-bond donors (Lipinski definition) is 0. The Kier molecular flexibility index (Phi) is 22.1. The third-order valence-electron chi connectivity index (χ3n) is 18.7. The van der Waals surface area contributed by atoms with Crippen LogP contribution in [0.1, 0.15) is 141 Å². The Bertz CT molecular complexity index is 2040. The fourth-order valence-corrected chi connectivity index (χ4v) is 69.4. The van der Waals surface area contributed by atoms with Gasteiger partial charge in [-0.25, -0.2) is 0 Å². The van der Waals surface area contributed by atoms with Crippen molar-refractivity contribution in [3.05, 3.63) is 36.5 Å². The summed E-state index contributed by atoms with van der Waals surface area (Å²) in [5.74, 6) is 8.37. The van der Waals surface area contributed by atoms with Gasteiger partial charge in [0.05, 0.1) is 0 Å². The Hall–Kier alpha value is 0.989. The van der Waals surface area contributed by atoms with Crippen molar-refractivity contribution in [2.45, 2.75) is 240 Å². The van der Waals surface area contributed by atoms with Crippen LogP contribution < -0.4 is 0 Å². The second kappa shape index (κ2) is 26.5. The van der Waals surface area contributed by atoms with Gasteiger partial charge in [0.25, 0.3) is 0 Å². The predicted molar refractivity (Wildman–Crippen MR) is 345 cm³/mol. The van der Waals surface area contributed by atoms with Crippen LogP contribution in [0.5, 0.6) is 0 Å². The number of hydrogen-bond acceptors (Lipinski definition) is 10. The summed E-state index contributed by atoms with van der Waals surface area (Å²) < 4.78 is 82.2. The first-order chi connectivity index (χ1) is 36.4. The first-order valence-corrected chi connectivity index (χ1v) is 54.9. The van der Waals surface area contributed by atoms with Crippen LogP contribution in [0.2, 0.25) is 99.3 Å². The van der Waals surface area contributed by atoms with Crippen LogP contribution >= 0.6 is 0 Å². The number of fused-ring (bicyclic) bond motifs is 16. The molecule has 9 rings (SSSR count). The molecule has 0 aromatic rings. The van der Waals surface area contributed by atoms with Crippen LogP contribution in [-0.2, 0) is 41.2 Å². The van der Waals surface area contributed by atoms with Crippen molar-refractivity contribution < 1.29 is 41.2 Å². The van der Waals surface area contributed by atoms with Crippen LogP contribution in [0.25, 0.3) is 0 Å². The molecule has 0 N–H and O–H groups in total. The molecule has 9 aliphatic rings. The van der Waals surface area contributed by atoms with Crippen LogP contribution in [-0.4, -0.2) is 87.8 Å². The zero-order valence-corrected chi connectivity index (χ0v) is 63.3. The summed E-state index contributed by atoms with van der Waals surface area (Å²) in [6.45, 7) is 43.0. The van der Waals surface area contributed by atoms with Crippen molar-refractivity contribution in [2.24, 2.45) is 88.8 Å². The van der Waals surface area contributed by atoms with Gasteiger partial charge in [-0.1, -0.05) is 139 Å². The van der Waals surface area contributed by atoms with E-state index in [-0.39, 0.29) is 11.8 Å². The van der Waals surface area contributed by atoms with Crippen LogP contribution in [0.15, 0.2) is 36.5 Å². The average molecular weight is 1250 g/mol. The molecule has 78 heavy (non-hydrogen) atoms. The van der Waals surface area contributed by atoms with E-state index < -0.39 is 87.8 Å². The van der Waals surface area contributed by atoms with Crippen molar-refractivity contribution in [1.82, 2.24) is 0 Å². The normalized spacial score (nSPS) is 38.9. The first-order valence-electron chi connectivity index (χ1n) is 32.3. The predicted octanol–water partition coefficient (Wildman–Crippen LogP) is 16.0. The highest BCUT2D eigenvalue weighted by Crippen LogP contribution is 2.51. The lowest BCUT2D eigenvalue weighted by molar-refractivity contribution is 0.112. The van der Waals surface area contributed by atoms with Gasteiger partial charge in [0.15, 0.2) is 25.0 Å². The molecular formula is C58H116O10Si10. The van der Waals surface area contributed by atoms with E-state index in [1.165, 1.54) is 57.8 Å². The maximum atomic E-state index is 8.64. The van der Waals surface area contributed by atoms with Gasteiger partial charge in [0.2, 0.25) is 0 Å². The van der Waals surface area contributed by atoms with Crippen molar-refractivity contribution in [1.29, 1.82) is 0 Å². The van der Waals surface area contributed by atoms with Gasteiger partial charge in [0.1, 0.15) is 0 Å². The Morgan fingerprint density at radius 2 is 0.923 bits per heavy atom. The Balaban J connectivity index is 1.29. The summed E-state index contributed by atoms with van der Waals surface area (Å²) in [4.78, 5) is 0. The van der Waals surface area contributed by atoms with Gasteiger partial charge in [-0.15, -0.1) is 0 Å². The van der Waals surface area contributed by atoms with Crippen molar-refractivity contribution in [3.8, 4) is 0 Å². The third kappa shape index (κ3) is 18.0. The van der Waals surface area contributed by atoms with E-state index in [2.05, 4.69) is 159 Å². The largest absolute Gasteiger partial charge is 0.477 e. The molecule has 0 spiro atoms. The van der Waals surface area contributed by atoms with E-state index in [0.717, 1.165) is 83.7 Å². The van der Waals surface area contributed by atoms with E-state index >= 15 is 0 Å². The molecule has 0 aromatic carbocycles. The molecule has 0 aromatic heterocycles. The second-order valence-electron chi connectivity index (χ2n) is 31.3. The minimum Gasteiger partial charge on any atom is -0.436 e.